The lowest BCUT2D eigenvalue weighted by Crippen LogP contribution is -2.24. The van der Waals surface area contributed by atoms with Gasteiger partial charge in [0.15, 0.2) is 0 Å². The molecule has 112 valence electrons. The average molecular weight is 320 g/mol. The van der Waals surface area contributed by atoms with Gasteiger partial charge in [0, 0.05) is 21.7 Å². The highest BCUT2D eigenvalue weighted by Crippen LogP contribution is 2.26. The van der Waals surface area contributed by atoms with E-state index in [0.717, 1.165) is 23.7 Å². The molecule has 2 aromatic rings. The second-order valence-corrected chi connectivity index (χ2v) is 6.72. The third kappa shape index (κ3) is 5.39. The molecule has 2 rings (SSSR count). The first-order valence-corrected chi connectivity index (χ1v) is 8.73. The molecule has 0 aliphatic rings. The molecule has 21 heavy (non-hydrogen) atoms. The summed E-state index contributed by atoms with van der Waals surface area (Å²) in [4.78, 5) is 1.26. The van der Waals surface area contributed by atoms with Crippen LogP contribution >= 0.6 is 23.4 Å². The Bertz CT molecular complexity index is 553. The Labute approximate surface area is 137 Å². The third-order valence-electron chi connectivity index (χ3n) is 3.32. The third-order valence-corrected chi connectivity index (χ3v) is 4.67. The van der Waals surface area contributed by atoms with Crippen molar-refractivity contribution in [1.29, 1.82) is 0 Å². The summed E-state index contributed by atoms with van der Waals surface area (Å²) in [5.74, 6) is 1.02. The fourth-order valence-corrected chi connectivity index (χ4v) is 3.31. The smallest absolute Gasteiger partial charge is 0.0415 e. The zero-order valence-corrected chi connectivity index (χ0v) is 14.2. The summed E-state index contributed by atoms with van der Waals surface area (Å²) in [5, 5.41) is 4.44. The molecule has 0 radical (unpaired) electrons. The van der Waals surface area contributed by atoms with Gasteiger partial charge in [0.25, 0.3) is 0 Å². The van der Waals surface area contributed by atoms with E-state index in [1.165, 1.54) is 16.0 Å². The second kappa shape index (κ2) is 8.47. The van der Waals surface area contributed by atoms with Gasteiger partial charge in [0.1, 0.15) is 0 Å². The van der Waals surface area contributed by atoms with Gasteiger partial charge in [0.2, 0.25) is 0 Å². The van der Waals surface area contributed by atoms with Crippen LogP contribution in [0.3, 0.4) is 0 Å². The van der Waals surface area contributed by atoms with Crippen molar-refractivity contribution >= 4 is 23.4 Å². The lowest BCUT2D eigenvalue weighted by Gasteiger charge is -2.19. The van der Waals surface area contributed by atoms with E-state index in [0.29, 0.717) is 6.04 Å². The Balaban J connectivity index is 2.04. The van der Waals surface area contributed by atoms with Gasteiger partial charge in [-0.05, 0) is 49.7 Å². The maximum atomic E-state index is 5.93. The van der Waals surface area contributed by atoms with E-state index in [4.69, 9.17) is 11.6 Å². The van der Waals surface area contributed by atoms with Gasteiger partial charge in [-0.25, -0.2) is 0 Å². The van der Waals surface area contributed by atoms with Crippen LogP contribution in [0.5, 0.6) is 0 Å². The van der Waals surface area contributed by atoms with Gasteiger partial charge < -0.3 is 5.32 Å². The highest BCUT2D eigenvalue weighted by atomic mass is 35.5. The minimum atomic E-state index is 0.380. The first-order valence-electron chi connectivity index (χ1n) is 7.37. The predicted octanol–water partition coefficient (Wildman–Crippen LogP) is 5.48. The zero-order valence-electron chi connectivity index (χ0n) is 12.6. The Kier molecular flexibility index (Phi) is 6.62. The Morgan fingerprint density at radius 3 is 2.57 bits per heavy atom. The van der Waals surface area contributed by atoms with Crippen LogP contribution in [0.2, 0.25) is 5.02 Å². The second-order valence-electron chi connectivity index (χ2n) is 5.19. The van der Waals surface area contributed by atoms with Crippen LogP contribution in [0.15, 0.2) is 53.4 Å². The molecule has 1 nitrogen and oxygen atoms in total. The van der Waals surface area contributed by atoms with Crippen molar-refractivity contribution in [3.05, 3.63) is 64.7 Å². The topological polar surface area (TPSA) is 12.0 Å². The molecule has 1 N–H and O–H groups in total. The van der Waals surface area contributed by atoms with E-state index < -0.39 is 0 Å². The highest BCUT2D eigenvalue weighted by molar-refractivity contribution is 7.99. The lowest BCUT2D eigenvalue weighted by molar-refractivity contribution is 0.577. The van der Waals surface area contributed by atoms with Crippen molar-refractivity contribution in [3.8, 4) is 0 Å². The predicted molar refractivity (Wildman–Crippen MR) is 94.4 cm³/mol. The molecule has 1 atom stereocenters. The van der Waals surface area contributed by atoms with Crippen LogP contribution in [-0.4, -0.2) is 12.3 Å². The van der Waals surface area contributed by atoms with Crippen LogP contribution in [0.25, 0.3) is 0 Å². The first kappa shape index (κ1) is 16.4. The van der Waals surface area contributed by atoms with E-state index in [1.54, 1.807) is 0 Å². The van der Waals surface area contributed by atoms with Crippen LogP contribution < -0.4 is 5.32 Å². The van der Waals surface area contributed by atoms with E-state index in [2.05, 4.69) is 55.6 Å². The molecule has 0 fully saturated rings. The summed E-state index contributed by atoms with van der Waals surface area (Å²) >= 11 is 7.80. The molecule has 3 heteroatoms. The van der Waals surface area contributed by atoms with Gasteiger partial charge in [-0.15, -0.1) is 11.8 Å². The number of benzene rings is 2. The number of halogens is 1. The van der Waals surface area contributed by atoms with Gasteiger partial charge in [-0.1, -0.05) is 48.4 Å². The molecule has 0 aromatic heterocycles. The number of thioether (sulfide) groups is 1. The summed E-state index contributed by atoms with van der Waals surface area (Å²) in [5.41, 5.74) is 2.68. The largest absolute Gasteiger partial charge is 0.309 e. The summed E-state index contributed by atoms with van der Waals surface area (Å²) < 4.78 is 0. The normalized spacial score (nSPS) is 12.3. The van der Waals surface area contributed by atoms with E-state index in [9.17, 15) is 0 Å². The quantitative estimate of drug-likeness (QED) is 0.678. The molecule has 0 heterocycles. The average Bonchev–Trinajstić information content (AvgIpc) is 2.49. The fourth-order valence-electron chi connectivity index (χ4n) is 2.19. The highest BCUT2D eigenvalue weighted by Gasteiger charge is 2.11. The maximum Gasteiger partial charge on any atom is 0.0415 e. The molecule has 0 spiro atoms. The van der Waals surface area contributed by atoms with Crippen LogP contribution in [-0.2, 0) is 0 Å². The van der Waals surface area contributed by atoms with E-state index in [-0.39, 0.29) is 0 Å². The number of hydrogen-bond acceptors (Lipinski definition) is 2. The molecule has 0 saturated carbocycles. The molecule has 0 bridgehead atoms. The minimum absolute atomic E-state index is 0.380. The molecular weight excluding hydrogens is 298 g/mol. The maximum absolute atomic E-state index is 5.93. The molecule has 1 unspecified atom stereocenters. The van der Waals surface area contributed by atoms with Gasteiger partial charge in [0.05, 0.1) is 0 Å². The molecule has 0 saturated heterocycles. The summed E-state index contributed by atoms with van der Waals surface area (Å²) in [7, 11) is 0. The molecule has 2 aromatic carbocycles. The molecule has 0 amide bonds. The fraction of sp³-hybridized carbons (Fsp3) is 0.333. The van der Waals surface area contributed by atoms with Crippen molar-refractivity contribution in [2.75, 3.05) is 12.3 Å². The molecular formula is C18H22ClNS. The Hall–Kier alpha value is -0.960. The Morgan fingerprint density at radius 2 is 1.90 bits per heavy atom. The number of rotatable bonds is 7. The van der Waals surface area contributed by atoms with Crippen LogP contribution in [0, 0.1) is 6.92 Å². The van der Waals surface area contributed by atoms with Crippen molar-refractivity contribution < 1.29 is 0 Å². The van der Waals surface area contributed by atoms with E-state index in [1.807, 2.05) is 23.9 Å². The zero-order chi connectivity index (χ0) is 15.1. The summed E-state index contributed by atoms with van der Waals surface area (Å²) in [6.07, 6.45) is 1.15. The van der Waals surface area contributed by atoms with Crippen molar-refractivity contribution in [3.63, 3.8) is 0 Å². The lowest BCUT2D eigenvalue weighted by atomic mass is 10.1. The summed E-state index contributed by atoms with van der Waals surface area (Å²) in [6, 6.07) is 17.2. The van der Waals surface area contributed by atoms with Crippen molar-refractivity contribution in [2.24, 2.45) is 0 Å². The van der Waals surface area contributed by atoms with Crippen molar-refractivity contribution in [1.82, 2.24) is 5.32 Å². The molecule has 0 aliphatic heterocycles. The number of nitrogens with one attached hydrogen (secondary N) is 1. The number of hydrogen-bond donors (Lipinski definition) is 1. The van der Waals surface area contributed by atoms with Gasteiger partial charge >= 0.3 is 0 Å². The van der Waals surface area contributed by atoms with Gasteiger partial charge in [-0.2, -0.15) is 0 Å². The Morgan fingerprint density at radius 1 is 1.14 bits per heavy atom. The first-order chi connectivity index (χ1) is 10.2. The minimum Gasteiger partial charge on any atom is -0.309 e. The number of aryl methyl sites for hydroxylation is 1. The van der Waals surface area contributed by atoms with Crippen LogP contribution in [0.4, 0.5) is 0 Å². The molecule has 0 aliphatic carbocycles. The van der Waals surface area contributed by atoms with Crippen LogP contribution in [0.1, 0.15) is 30.5 Å². The van der Waals surface area contributed by atoms with E-state index >= 15 is 0 Å². The summed E-state index contributed by atoms with van der Waals surface area (Å²) in [6.45, 7) is 5.39. The monoisotopic (exact) mass is 319 g/mol. The van der Waals surface area contributed by atoms with Crippen molar-refractivity contribution in [2.45, 2.75) is 31.2 Å². The van der Waals surface area contributed by atoms with Gasteiger partial charge in [-0.3, -0.25) is 0 Å². The standard InChI is InChI=1S/C18H22ClNS/c1-3-11-20-18(15-6-4-5-14(2)12-15)13-21-17-9-7-16(19)8-10-17/h4-10,12,18,20H,3,11,13H2,1-2H3. The SMILES string of the molecule is CCCNC(CSc1ccc(Cl)cc1)c1cccc(C)c1.